The van der Waals surface area contributed by atoms with Crippen molar-refractivity contribution in [2.24, 2.45) is 0 Å². The van der Waals surface area contributed by atoms with Gasteiger partial charge < -0.3 is 9.88 Å². The van der Waals surface area contributed by atoms with E-state index in [0.717, 1.165) is 41.0 Å². The molecule has 2 aromatic carbocycles. The SMILES string of the molecule is C[C@@H]1CCCN1CCc1nc2ccc(-c3ccc(C#N)cc3)cc2[nH]1. The van der Waals surface area contributed by atoms with Gasteiger partial charge in [0.15, 0.2) is 0 Å². The Balaban J connectivity index is 1.53. The van der Waals surface area contributed by atoms with Crippen molar-refractivity contribution in [2.75, 3.05) is 13.1 Å². The molecule has 1 atom stereocenters. The lowest BCUT2D eigenvalue weighted by Gasteiger charge is -2.19. The van der Waals surface area contributed by atoms with Gasteiger partial charge in [0.25, 0.3) is 0 Å². The number of imidazole rings is 1. The van der Waals surface area contributed by atoms with E-state index in [-0.39, 0.29) is 0 Å². The molecular weight excluding hydrogens is 308 g/mol. The zero-order chi connectivity index (χ0) is 17.2. The number of nitrogens with one attached hydrogen (secondary N) is 1. The van der Waals surface area contributed by atoms with Crippen LogP contribution in [0, 0.1) is 11.3 Å². The topological polar surface area (TPSA) is 55.7 Å². The predicted octanol–water partition coefficient (Wildman–Crippen LogP) is 4.13. The molecule has 1 aromatic heterocycles. The van der Waals surface area contributed by atoms with Crippen LogP contribution in [0.3, 0.4) is 0 Å². The van der Waals surface area contributed by atoms with Gasteiger partial charge in [-0.3, -0.25) is 0 Å². The first-order valence-electron chi connectivity index (χ1n) is 8.96. The van der Waals surface area contributed by atoms with E-state index in [9.17, 15) is 0 Å². The zero-order valence-electron chi connectivity index (χ0n) is 14.5. The Bertz CT molecular complexity index is 917. The van der Waals surface area contributed by atoms with Crippen LogP contribution in [0.1, 0.15) is 31.2 Å². The summed E-state index contributed by atoms with van der Waals surface area (Å²) in [6.07, 6.45) is 3.59. The smallest absolute Gasteiger partial charge is 0.108 e. The fraction of sp³-hybridized carbons (Fsp3) is 0.333. The molecule has 1 saturated heterocycles. The lowest BCUT2D eigenvalue weighted by molar-refractivity contribution is 0.271. The number of hydrogen-bond acceptors (Lipinski definition) is 3. The number of likely N-dealkylation sites (tertiary alicyclic amines) is 1. The van der Waals surface area contributed by atoms with Crippen LogP contribution in [-0.4, -0.2) is 34.0 Å². The molecule has 4 rings (SSSR count). The predicted molar refractivity (Wildman–Crippen MR) is 100 cm³/mol. The van der Waals surface area contributed by atoms with Crippen LogP contribution < -0.4 is 0 Å². The highest BCUT2D eigenvalue weighted by Gasteiger charge is 2.19. The normalized spacial score (nSPS) is 17.8. The molecule has 126 valence electrons. The third kappa shape index (κ3) is 3.29. The van der Waals surface area contributed by atoms with Gasteiger partial charge in [0, 0.05) is 19.0 Å². The van der Waals surface area contributed by atoms with E-state index in [4.69, 9.17) is 10.2 Å². The minimum Gasteiger partial charge on any atom is -0.342 e. The quantitative estimate of drug-likeness (QED) is 0.782. The minimum atomic E-state index is 0.685. The molecule has 4 nitrogen and oxygen atoms in total. The second-order valence-electron chi connectivity index (χ2n) is 6.88. The lowest BCUT2D eigenvalue weighted by atomic mass is 10.0. The Labute approximate surface area is 148 Å². The summed E-state index contributed by atoms with van der Waals surface area (Å²) >= 11 is 0. The lowest BCUT2D eigenvalue weighted by Crippen LogP contribution is -2.29. The summed E-state index contributed by atoms with van der Waals surface area (Å²) < 4.78 is 0. The molecular formula is C21H22N4. The Morgan fingerprint density at radius 3 is 2.72 bits per heavy atom. The zero-order valence-corrected chi connectivity index (χ0v) is 14.5. The van der Waals surface area contributed by atoms with Gasteiger partial charge in [0.1, 0.15) is 5.82 Å². The van der Waals surface area contributed by atoms with E-state index in [1.807, 2.05) is 24.3 Å². The highest BCUT2D eigenvalue weighted by Crippen LogP contribution is 2.24. The summed E-state index contributed by atoms with van der Waals surface area (Å²) in [6.45, 7) is 4.60. The molecule has 0 amide bonds. The van der Waals surface area contributed by atoms with Crippen molar-refractivity contribution in [3.8, 4) is 17.2 Å². The number of nitrogens with zero attached hydrogens (tertiary/aromatic N) is 3. The van der Waals surface area contributed by atoms with Crippen LogP contribution in [-0.2, 0) is 6.42 Å². The van der Waals surface area contributed by atoms with Gasteiger partial charge in [0.2, 0.25) is 0 Å². The number of fused-ring (bicyclic) bond motifs is 1. The van der Waals surface area contributed by atoms with E-state index in [1.54, 1.807) is 0 Å². The van der Waals surface area contributed by atoms with Crippen LogP contribution >= 0.6 is 0 Å². The summed E-state index contributed by atoms with van der Waals surface area (Å²) in [4.78, 5) is 10.8. The van der Waals surface area contributed by atoms with Crippen LogP contribution in [0.4, 0.5) is 0 Å². The van der Waals surface area contributed by atoms with Gasteiger partial charge >= 0.3 is 0 Å². The summed E-state index contributed by atoms with van der Waals surface area (Å²) in [5.74, 6) is 1.06. The monoisotopic (exact) mass is 330 g/mol. The maximum Gasteiger partial charge on any atom is 0.108 e. The molecule has 0 bridgehead atoms. The molecule has 4 heteroatoms. The van der Waals surface area contributed by atoms with E-state index in [2.05, 4.69) is 41.1 Å². The number of benzene rings is 2. The molecule has 0 saturated carbocycles. The highest BCUT2D eigenvalue weighted by atomic mass is 15.2. The minimum absolute atomic E-state index is 0.685. The van der Waals surface area contributed by atoms with Gasteiger partial charge in [0.05, 0.1) is 22.7 Å². The van der Waals surface area contributed by atoms with Gasteiger partial charge in [-0.1, -0.05) is 18.2 Å². The Kier molecular flexibility index (Phi) is 4.25. The first kappa shape index (κ1) is 15.9. The summed E-state index contributed by atoms with van der Waals surface area (Å²) in [7, 11) is 0. The number of hydrogen-bond donors (Lipinski definition) is 1. The Morgan fingerprint density at radius 2 is 2.00 bits per heavy atom. The number of aromatic nitrogens is 2. The average molecular weight is 330 g/mol. The maximum absolute atomic E-state index is 8.92. The number of aromatic amines is 1. The number of nitriles is 1. The second kappa shape index (κ2) is 6.70. The molecule has 0 aliphatic carbocycles. The van der Waals surface area contributed by atoms with E-state index < -0.39 is 0 Å². The van der Waals surface area contributed by atoms with E-state index in [1.165, 1.54) is 19.4 Å². The molecule has 2 heterocycles. The molecule has 1 aliphatic heterocycles. The number of H-pyrrole nitrogens is 1. The molecule has 0 unspecified atom stereocenters. The average Bonchev–Trinajstić information content (AvgIpc) is 3.24. The largest absolute Gasteiger partial charge is 0.342 e. The molecule has 0 radical (unpaired) electrons. The molecule has 25 heavy (non-hydrogen) atoms. The van der Waals surface area contributed by atoms with Gasteiger partial charge in [-0.05, 0) is 61.7 Å². The van der Waals surface area contributed by atoms with Crippen molar-refractivity contribution >= 4 is 11.0 Å². The first-order valence-corrected chi connectivity index (χ1v) is 8.96. The van der Waals surface area contributed by atoms with Crippen LogP contribution in [0.2, 0.25) is 0 Å². The molecule has 0 spiro atoms. The van der Waals surface area contributed by atoms with E-state index in [0.29, 0.717) is 11.6 Å². The fourth-order valence-electron chi connectivity index (χ4n) is 3.67. The van der Waals surface area contributed by atoms with Crippen LogP contribution in [0.15, 0.2) is 42.5 Å². The van der Waals surface area contributed by atoms with Crippen molar-refractivity contribution < 1.29 is 0 Å². The van der Waals surface area contributed by atoms with Crippen molar-refractivity contribution in [2.45, 2.75) is 32.2 Å². The summed E-state index contributed by atoms with van der Waals surface area (Å²) in [5.41, 5.74) is 5.03. The third-order valence-electron chi connectivity index (χ3n) is 5.20. The number of rotatable bonds is 4. The third-order valence-corrected chi connectivity index (χ3v) is 5.20. The van der Waals surface area contributed by atoms with Crippen molar-refractivity contribution in [3.05, 3.63) is 53.9 Å². The second-order valence-corrected chi connectivity index (χ2v) is 6.88. The van der Waals surface area contributed by atoms with Crippen molar-refractivity contribution in [1.29, 1.82) is 5.26 Å². The Hall–Kier alpha value is -2.64. The van der Waals surface area contributed by atoms with Gasteiger partial charge in [-0.2, -0.15) is 5.26 Å². The highest BCUT2D eigenvalue weighted by molar-refractivity contribution is 5.82. The standard InChI is InChI=1S/C21H22N4/c1-15-3-2-11-25(15)12-10-21-23-19-9-8-18(13-20(19)24-21)17-6-4-16(14-22)5-7-17/h4-9,13,15H,2-3,10-12H2,1H3,(H,23,24)/t15-/m1/s1. The summed E-state index contributed by atoms with van der Waals surface area (Å²) in [6, 6.07) is 16.9. The van der Waals surface area contributed by atoms with Crippen molar-refractivity contribution in [3.63, 3.8) is 0 Å². The first-order chi connectivity index (χ1) is 12.2. The fourth-order valence-corrected chi connectivity index (χ4v) is 3.67. The molecule has 1 fully saturated rings. The van der Waals surface area contributed by atoms with Gasteiger partial charge in [-0.15, -0.1) is 0 Å². The van der Waals surface area contributed by atoms with Crippen LogP contribution in [0.5, 0.6) is 0 Å². The molecule has 1 N–H and O–H groups in total. The van der Waals surface area contributed by atoms with Crippen molar-refractivity contribution in [1.82, 2.24) is 14.9 Å². The molecule has 1 aliphatic rings. The maximum atomic E-state index is 8.92. The summed E-state index contributed by atoms with van der Waals surface area (Å²) in [5, 5.41) is 8.92. The van der Waals surface area contributed by atoms with E-state index >= 15 is 0 Å². The van der Waals surface area contributed by atoms with Gasteiger partial charge in [-0.25, -0.2) is 4.98 Å². The van der Waals surface area contributed by atoms with Crippen LogP contribution in [0.25, 0.3) is 22.2 Å². The molecule has 3 aromatic rings. The Morgan fingerprint density at radius 1 is 1.20 bits per heavy atom.